The van der Waals surface area contributed by atoms with Crippen LogP contribution in [0, 0.1) is 5.82 Å². The minimum atomic E-state index is -0.390. The number of rotatable bonds is 2. The van der Waals surface area contributed by atoms with E-state index in [1.54, 1.807) is 35.5 Å². The predicted octanol–water partition coefficient (Wildman–Crippen LogP) is 7.25. The number of ether oxygens (including phenoxy) is 1. The topological polar surface area (TPSA) is 81.9 Å². The van der Waals surface area contributed by atoms with Crippen LogP contribution in [0.25, 0.3) is 32.5 Å². The minimum Gasteiger partial charge on any atom is -0.444 e. The zero-order chi connectivity index (χ0) is 26.3. The molecule has 0 unspecified atom stereocenters. The summed E-state index contributed by atoms with van der Waals surface area (Å²) in [6.07, 6.45) is 9.21. The number of nitrogens with one attached hydrogen (secondary N) is 1. The highest BCUT2D eigenvalue weighted by Gasteiger charge is 2.20. The van der Waals surface area contributed by atoms with Gasteiger partial charge in [-0.15, -0.1) is 11.3 Å². The monoisotopic (exact) mass is 513 g/mol. The van der Waals surface area contributed by atoms with Gasteiger partial charge < -0.3 is 10.1 Å². The largest absolute Gasteiger partial charge is 0.444 e. The first-order valence-electron chi connectivity index (χ1n) is 12.5. The molecule has 194 valence electrons. The Morgan fingerprint density at radius 1 is 1.17 bits per heavy atom. The molecule has 1 aliphatic rings. The fraction of sp³-hybridized carbons (Fsp3) is 0.481. The van der Waals surface area contributed by atoms with Crippen LogP contribution in [0.2, 0.25) is 0 Å². The molecular formula is C27H36FN5O2S. The molecule has 0 radical (unpaired) electrons. The van der Waals surface area contributed by atoms with E-state index in [2.05, 4.69) is 20.4 Å². The first-order valence-corrected chi connectivity index (χ1v) is 13.4. The van der Waals surface area contributed by atoms with Crippen molar-refractivity contribution in [2.75, 3.05) is 0 Å². The number of aromatic nitrogens is 4. The van der Waals surface area contributed by atoms with Crippen LogP contribution < -0.4 is 5.32 Å². The molecule has 5 rings (SSSR count). The number of nitrogens with zero attached hydrogens (tertiary/aromatic N) is 4. The third-order valence-electron chi connectivity index (χ3n) is 5.47. The molecule has 7 nitrogen and oxygen atoms in total. The van der Waals surface area contributed by atoms with E-state index in [0.717, 1.165) is 28.4 Å². The maximum atomic E-state index is 14.1. The number of alkyl carbamates (subject to hydrolysis) is 1. The molecule has 9 heteroatoms. The number of thiophene rings is 1. The van der Waals surface area contributed by atoms with Crippen LogP contribution in [0.1, 0.15) is 66.7 Å². The molecule has 1 amide bonds. The van der Waals surface area contributed by atoms with Gasteiger partial charge in [0.15, 0.2) is 11.6 Å². The van der Waals surface area contributed by atoms with Gasteiger partial charge in [0.25, 0.3) is 0 Å². The first kappa shape index (κ1) is 27.5. The van der Waals surface area contributed by atoms with Gasteiger partial charge in [0.05, 0.1) is 0 Å². The molecule has 1 fully saturated rings. The quantitative estimate of drug-likeness (QED) is 0.305. The molecule has 1 N–H and O–H groups in total. The Bertz CT molecular complexity index is 1290. The van der Waals surface area contributed by atoms with Gasteiger partial charge in [-0.3, -0.25) is 4.68 Å². The van der Waals surface area contributed by atoms with Crippen LogP contribution in [-0.4, -0.2) is 37.5 Å². The van der Waals surface area contributed by atoms with Crippen molar-refractivity contribution in [2.24, 2.45) is 7.05 Å². The molecule has 0 bridgehead atoms. The summed E-state index contributed by atoms with van der Waals surface area (Å²) in [6.45, 7) is 9.65. The minimum absolute atomic E-state index is 0.274. The molecule has 3 heterocycles. The van der Waals surface area contributed by atoms with Crippen molar-refractivity contribution in [1.29, 1.82) is 0 Å². The molecule has 0 spiro atoms. The molecule has 0 aliphatic heterocycles. The summed E-state index contributed by atoms with van der Waals surface area (Å²) in [4.78, 5) is 21.1. The zero-order valence-corrected chi connectivity index (χ0v) is 22.8. The van der Waals surface area contributed by atoms with E-state index < -0.39 is 5.60 Å². The molecule has 1 aromatic carbocycles. The van der Waals surface area contributed by atoms with E-state index in [4.69, 9.17) is 4.74 Å². The smallest absolute Gasteiger partial charge is 0.407 e. The Morgan fingerprint density at radius 3 is 2.58 bits per heavy atom. The number of halogens is 1. The van der Waals surface area contributed by atoms with Crippen LogP contribution in [0.15, 0.2) is 36.0 Å². The van der Waals surface area contributed by atoms with Gasteiger partial charge in [0.1, 0.15) is 15.9 Å². The number of hydrogen-bond donors (Lipinski definition) is 1. The van der Waals surface area contributed by atoms with E-state index in [9.17, 15) is 9.18 Å². The Morgan fingerprint density at radius 2 is 1.89 bits per heavy atom. The van der Waals surface area contributed by atoms with Crippen LogP contribution in [0.5, 0.6) is 0 Å². The van der Waals surface area contributed by atoms with Gasteiger partial charge in [-0.2, -0.15) is 5.10 Å². The van der Waals surface area contributed by atoms with Crippen molar-refractivity contribution in [3.8, 4) is 11.4 Å². The lowest BCUT2D eigenvalue weighted by Gasteiger charge is -2.25. The first-order chi connectivity index (χ1) is 17.2. The summed E-state index contributed by atoms with van der Waals surface area (Å²) in [7, 11) is 1.77. The zero-order valence-electron chi connectivity index (χ0n) is 22.0. The summed E-state index contributed by atoms with van der Waals surface area (Å²) in [5.74, 6) is 0.178. The number of carbonyl (C=O) groups excluding carboxylic acids is 1. The Labute approximate surface area is 216 Å². The van der Waals surface area contributed by atoms with E-state index >= 15 is 0 Å². The van der Waals surface area contributed by atoms with Gasteiger partial charge in [-0.1, -0.05) is 33.1 Å². The molecular weight excluding hydrogens is 477 g/mol. The second-order valence-corrected chi connectivity index (χ2v) is 10.4. The Hall–Kier alpha value is -3.07. The number of carbonyl (C=O) groups is 1. The van der Waals surface area contributed by atoms with E-state index in [-0.39, 0.29) is 11.9 Å². The Balaban J connectivity index is 0.000000200. The highest BCUT2D eigenvalue weighted by Crippen LogP contribution is 2.26. The number of benzene rings is 1. The van der Waals surface area contributed by atoms with Gasteiger partial charge >= 0.3 is 6.09 Å². The van der Waals surface area contributed by atoms with Gasteiger partial charge in [-0.05, 0) is 57.2 Å². The summed E-state index contributed by atoms with van der Waals surface area (Å²) < 4.78 is 20.9. The van der Waals surface area contributed by atoms with Crippen molar-refractivity contribution in [3.63, 3.8) is 0 Å². The van der Waals surface area contributed by atoms with Gasteiger partial charge in [0, 0.05) is 41.8 Å². The maximum absolute atomic E-state index is 14.1. The Kier molecular flexibility index (Phi) is 9.37. The molecule has 0 atom stereocenters. The molecule has 1 aliphatic carbocycles. The van der Waals surface area contributed by atoms with Crippen LogP contribution in [0.3, 0.4) is 0 Å². The van der Waals surface area contributed by atoms with Crippen LogP contribution >= 0.6 is 11.3 Å². The van der Waals surface area contributed by atoms with Crippen molar-refractivity contribution < 1.29 is 13.9 Å². The van der Waals surface area contributed by atoms with Crippen LogP contribution in [0.4, 0.5) is 9.18 Å². The second-order valence-electron chi connectivity index (χ2n) is 9.55. The van der Waals surface area contributed by atoms with Crippen molar-refractivity contribution >= 4 is 38.5 Å². The average molecular weight is 514 g/mol. The predicted molar refractivity (Wildman–Crippen MR) is 145 cm³/mol. The number of aryl methyl sites for hydroxylation is 1. The molecule has 36 heavy (non-hydrogen) atoms. The molecule has 4 aromatic rings. The van der Waals surface area contributed by atoms with Gasteiger partial charge in [-0.25, -0.2) is 19.2 Å². The highest BCUT2D eigenvalue weighted by atomic mass is 32.1. The third-order valence-corrected chi connectivity index (χ3v) is 6.29. The summed E-state index contributed by atoms with van der Waals surface area (Å²) >= 11 is 1.55. The van der Waals surface area contributed by atoms with Gasteiger partial charge in [0.2, 0.25) is 0 Å². The van der Waals surface area contributed by atoms with Crippen molar-refractivity contribution in [3.05, 3.63) is 41.8 Å². The molecule has 0 saturated heterocycles. The van der Waals surface area contributed by atoms with E-state index in [1.807, 2.05) is 52.1 Å². The van der Waals surface area contributed by atoms with Crippen molar-refractivity contribution in [1.82, 2.24) is 25.1 Å². The van der Waals surface area contributed by atoms with E-state index in [1.165, 1.54) is 25.3 Å². The lowest BCUT2D eigenvalue weighted by Crippen LogP contribution is -2.39. The third kappa shape index (κ3) is 7.46. The molecule has 1 saturated carbocycles. The maximum Gasteiger partial charge on any atom is 0.407 e. The normalized spacial score (nSPS) is 14.0. The summed E-state index contributed by atoms with van der Waals surface area (Å²) in [6, 6.07) is 5.59. The SMILES string of the molecule is CC.CC(C)(C)OC(=O)NC1CCCCC1.Cn1cc2cc(-c3ncc4ccsc4n3)cc(F)c2n1. The number of fused-ring (bicyclic) bond motifs is 2. The fourth-order valence-corrected chi connectivity index (χ4v) is 4.70. The van der Waals surface area contributed by atoms with Crippen LogP contribution in [-0.2, 0) is 11.8 Å². The number of amides is 1. The lowest BCUT2D eigenvalue weighted by atomic mass is 9.96. The second kappa shape index (κ2) is 12.3. The summed E-state index contributed by atoms with van der Waals surface area (Å²) in [5, 5.41) is 10.7. The highest BCUT2D eigenvalue weighted by molar-refractivity contribution is 7.16. The standard InChI is InChI=1S/C14H9FN4S.C11H21NO2.C2H6/c1-19-7-10-4-9(5-11(15)12(10)18-19)13-16-6-8-2-3-20-14(8)17-13;1-11(2,3)14-10(13)12-9-7-5-4-6-8-9;1-2/h2-7H,1H3;9H,4-8H2,1-3H3,(H,12,13);1-2H3. The molecule has 3 aromatic heterocycles. The average Bonchev–Trinajstić information content (AvgIpc) is 3.45. The summed E-state index contributed by atoms with van der Waals surface area (Å²) in [5.41, 5.74) is 0.644. The fourth-order valence-electron chi connectivity index (χ4n) is 3.96. The number of hydrogen-bond acceptors (Lipinski definition) is 6. The van der Waals surface area contributed by atoms with E-state index in [0.29, 0.717) is 22.9 Å². The lowest BCUT2D eigenvalue weighted by molar-refractivity contribution is 0.0493. The van der Waals surface area contributed by atoms with Crippen molar-refractivity contribution in [2.45, 2.75) is 78.4 Å².